The fourth-order valence-electron chi connectivity index (χ4n) is 2.88. The van der Waals surface area contributed by atoms with Gasteiger partial charge in [0.15, 0.2) is 11.6 Å². The monoisotopic (exact) mass is 344 g/mol. The molecule has 3 aromatic rings. The number of benzene rings is 3. The van der Waals surface area contributed by atoms with Crippen LogP contribution in [0.2, 0.25) is 0 Å². The van der Waals surface area contributed by atoms with E-state index in [9.17, 15) is 14.4 Å². The van der Waals surface area contributed by atoms with Crippen molar-refractivity contribution >= 4 is 28.4 Å². The molecule has 0 atom stereocenters. The molecule has 0 amide bonds. The lowest BCUT2D eigenvalue weighted by Gasteiger charge is -2.17. The van der Waals surface area contributed by atoms with Gasteiger partial charge in [-0.15, -0.1) is 0 Å². The molecule has 1 aliphatic carbocycles. The lowest BCUT2D eigenvalue weighted by molar-refractivity contribution is 0.0978. The molecule has 120 valence electrons. The summed E-state index contributed by atoms with van der Waals surface area (Å²) in [7, 11) is 0. The van der Waals surface area contributed by atoms with E-state index in [1.165, 1.54) is 6.07 Å². The topological polar surface area (TPSA) is 51.2 Å². The van der Waals surface area contributed by atoms with Gasteiger partial charge in [0.2, 0.25) is 5.12 Å². The van der Waals surface area contributed by atoms with Gasteiger partial charge in [0.1, 0.15) is 0 Å². The van der Waals surface area contributed by atoms with Crippen molar-refractivity contribution in [3.63, 3.8) is 0 Å². The highest BCUT2D eigenvalue weighted by atomic mass is 32.2. The number of carbonyl (C=O) groups excluding carboxylic acids is 3. The third-order valence-corrected chi connectivity index (χ3v) is 5.04. The summed E-state index contributed by atoms with van der Waals surface area (Å²) >= 11 is 1.10. The van der Waals surface area contributed by atoms with Crippen molar-refractivity contribution in [3.05, 3.63) is 101 Å². The van der Waals surface area contributed by atoms with Crippen LogP contribution in [0.3, 0.4) is 0 Å². The van der Waals surface area contributed by atoms with Gasteiger partial charge in [-0.05, 0) is 42.1 Å². The van der Waals surface area contributed by atoms with Crippen LogP contribution in [0.15, 0.2) is 77.7 Å². The molecule has 0 radical (unpaired) electrons. The maximum Gasteiger partial charge on any atom is 0.224 e. The Balaban J connectivity index is 1.72. The fraction of sp³-hybridized carbons (Fsp3) is 0. The number of carbonyl (C=O) groups is 3. The smallest absolute Gasteiger partial charge is 0.224 e. The van der Waals surface area contributed by atoms with E-state index in [0.717, 1.165) is 16.7 Å². The molecule has 0 heterocycles. The SMILES string of the molecule is O=C(Sc1ccccc1)c1ccc2c(c1)C(=O)c1ccccc1C2=O. The minimum Gasteiger partial charge on any atom is -0.289 e. The summed E-state index contributed by atoms with van der Waals surface area (Å²) in [5.41, 5.74) is 1.86. The largest absolute Gasteiger partial charge is 0.289 e. The molecule has 0 spiro atoms. The summed E-state index contributed by atoms with van der Waals surface area (Å²) in [4.78, 5) is 38.6. The number of hydrogen-bond donors (Lipinski definition) is 0. The average Bonchev–Trinajstić information content (AvgIpc) is 2.66. The lowest BCUT2D eigenvalue weighted by atomic mass is 9.83. The molecule has 0 fully saturated rings. The number of ketones is 2. The molecule has 3 aromatic carbocycles. The molecule has 0 bridgehead atoms. The first-order valence-corrected chi connectivity index (χ1v) is 8.56. The molecule has 0 saturated heterocycles. The lowest BCUT2D eigenvalue weighted by Crippen LogP contribution is -2.21. The van der Waals surface area contributed by atoms with Crippen molar-refractivity contribution in [2.45, 2.75) is 4.90 Å². The molecule has 0 aromatic heterocycles. The third-order valence-electron chi connectivity index (χ3n) is 4.11. The maximum absolute atomic E-state index is 12.7. The Bertz CT molecular complexity index is 1020. The van der Waals surface area contributed by atoms with E-state index < -0.39 is 0 Å². The van der Waals surface area contributed by atoms with Crippen LogP contribution in [0.5, 0.6) is 0 Å². The molecule has 0 aliphatic heterocycles. The highest BCUT2D eigenvalue weighted by Gasteiger charge is 2.29. The van der Waals surface area contributed by atoms with Crippen molar-refractivity contribution < 1.29 is 14.4 Å². The summed E-state index contributed by atoms with van der Waals surface area (Å²) < 4.78 is 0. The highest BCUT2D eigenvalue weighted by Crippen LogP contribution is 2.30. The molecular formula is C21H12O3S. The van der Waals surface area contributed by atoms with E-state index in [4.69, 9.17) is 0 Å². The molecule has 4 heteroatoms. The second kappa shape index (κ2) is 6.15. The van der Waals surface area contributed by atoms with Crippen LogP contribution in [-0.4, -0.2) is 16.7 Å². The van der Waals surface area contributed by atoms with Gasteiger partial charge in [0.05, 0.1) is 0 Å². The first-order valence-electron chi connectivity index (χ1n) is 7.75. The van der Waals surface area contributed by atoms with Gasteiger partial charge in [-0.25, -0.2) is 0 Å². The van der Waals surface area contributed by atoms with E-state index in [1.807, 2.05) is 30.3 Å². The first kappa shape index (κ1) is 15.5. The Morgan fingerprint density at radius 3 is 1.88 bits per heavy atom. The number of thioether (sulfide) groups is 1. The summed E-state index contributed by atoms with van der Waals surface area (Å²) in [6, 6.07) is 20.8. The fourth-order valence-corrected chi connectivity index (χ4v) is 3.63. The van der Waals surface area contributed by atoms with Crippen molar-refractivity contribution in [2.75, 3.05) is 0 Å². The molecule has 25 heavy (non-hydrogen) atoms. The quantitative estimate of drug-likeness (QED) is 0.506. The van der Waals surface area contributed by atoms with Crippen LogP contribution in [0.4, 0.5) is 0 Å². The van der Waals surface area contributed by atoms with Gasteiger partial charge < -0.3 is 0 Å². The van der Waals surface area contributed by atoms with Gasteiger partial charge in [0.25, 0.3) is 0 Å². The van der Waals surface area contributed by atoms with E-state index in [0.29, 0.717) is 27.8 Å². The van der Waals surface area contributed by atoms with E-state index >= 15 is 0 Å². The predicted molar refractivity (Wildman–Crippen MR) is 96.4 cm³/mol. The van der Waals surface area contributed by atoms with Crippen molar-refractivity contribution in [2.24, 2.45) is 0 Å². The van der Waals surface area contributed by atoms with Crippen LogP contribution in [0.25, 0.3) is 0 Å². The first-order chi connectivity index (χ1) is 12.1. The summed E-state index contributed by atoms with van der Waals surface area (Å²) in [5, 5.41) is -0.159. The average molecular weight is 344 g/mol. The Morgan fingerprint density at radius 1 is 0.640 bits per heavy atom. The van der Waals surface area contributed by atoms with Gasteiger partial charge in [0, 0.05) is 32.7 Å². The van der Waals surface area contributed by atoms with E-state index in [-0.39, 0.29) is 16.7 Å². The van der Waals surface area contributed by atoms with Crippen molar-refractivity contribution in [1.82, 2.24) is 0 Å². The summed E-state index contributed by atoms with van der Waals surface area (Å²) in [6.07, 6.45) is 0. The van der Waals surface area contributed by atoms with Crippen LogP contribution in [-0.2, 0) is 0 Å². The molecule has 0 saturated carbocycles. The standard InChI is InChI=1S/C21H12O3S/c22-19-15-8-4-5-9-16(15)20(23)18-12-13(10-11-17(18)19)21(24)25-14-6-2-1-3-7-14/h1-12H. The number of rotatable bonds is 2. The zero-order valence-corrected chi connectivity index (χ0v) is 13.9. The van der Waals surface area contributed by atoms with Crippen LogP contribution >= 0.6 is 11.8 Å². The summed E-state index contributed by atoms with van der Waals surface area (Å²) in [5.74, 6) is -0.399. The van der Waals surface area contributed by atoms with E-state index in [2.05, 4.69) is 0 Å². The molecule has 4 rings (SSSR count). The maximum atomic E-state index is 12.7. The Morgan fingerprint density at radius 2 is 1.20 bits per heavy atom. The van der Waals surface area contributed by atoms with Crippen LogP contribution in [0, 0.1) is 0 Å². The van der Waals surface area contributed by atoms with Crippen LogP contribution in [0.1, 0.15) is 42.2 Å². The van der Waals surface area contributed by atoms with E-state index in [1.54, 1.807) is 36.4 Å². The third kappa shape index (κ3) is 2.71. The molecule has 1 aliphatic rings. The molecular weight excluding hydrogens is 332 g/mol. The second-order valence-electron chi connectivity index (χ2n) is 5.67. The Hall–Kier alpha value is -2.98. The summed E-state index contributed by atoms with van der Waals surface area (Å²) in [6.45, 7) is 0. The number of fused-ring (bicyclic) bond motifs is 2. The Labute approximate surface area is 148 Å². The van der Waals surface area contributed by atoms with Crippen molar-refractivity contribution in [1.29, 1.82) is 0 Å². The minimum absolute atomic E-state index is 0.159. The number of hydrogen-bond acceptors (Lipinski definition) is 4. The second-order valence-corrected chi connectivity index (χ2v) is 6.71. The van der Waals surface area contributed by atoms with Crippen molar-refractivity contribution in [3.8, 4) is 0 Å². The van der Waals surface area contributed by atoms with Crippen LogP contribution < -0.4 is 0 Å². The predicted octanol–water partition coefficient (Wildman–Crippen LogP) is 4.39. The molecule has 0 N–H and O–H groups in total. The highest BCUT2D eigenvalue weighted by molar-refractivity contribution is 8.14. The minimum atomic E-state index is -0.218. The van der Waals surface area contributed by atoms with Gasteiger partial charge in [-0.3, -0.25) is 14.4 Å². The van der Waals surface area contributed by atoms with Gasteiger partial charge in [-0.1, -0.05) is 42.5 Å². The Kier molecular flexibility index (Phi) is 3.82. The van der Waals surface area contributed by atoms with Gasteiger partial charge in [-0.2, -0.15) is 0 Å². The molecule has 0 unspecified atom stereocenters. The van der Waals surface area contributed by atoms with Gasteiger partial charge >= 0.3 is 0 Å². The zero-order chi connectivity index (χ0) is 17.4. The normalized spacial score (nSPS) is 12.5. The zero-order valence-electron chi connectivity index (χ0n) is 13.1. The molecule has 3 nitrogen and oxygen atoms in total.